The normalized spacial score (nSPS) is 10.3. The van der Waals surface area contributed by atoms with E-state index >= 15 is 0 Å². The van der Waals surface area contributed by atoms with Crippen molar-refractivity contribution in [2.45, 2.75) is 6.54 Å². The Morgan fingerprint density at radius 3 is 2.89 bits per heavy atom. The number of carbonyl (C=O) groups excluding carboxylic acids is 1. The van der Waals surface area contributed by atoms with Gasteiger partial charge in [0.1, 0.15) is 12.3 Å². The minimum Gasteiger partial charge on any atom is -0.495 e. The molecular formula is C12H11Cl2N3O2. The first kappa shape index (κ1) is 13.7. The van der Waals surface area contributed by atoms with E-state index in [1.54, 1.807) is 24.4 Å². The minimum atomic E-state index is -0.250. The third-order valence-corrected chi connectivity index (χ3v) is 2.96. The van der Waals surface area contributed by atoms with Gasteiger partial charge in [-0.25, -0.2) is 4.98 Å². The van der Waals surface area contributed by atoms with E-state index in [1.165, 1.54) is 17.9 Å². The Bertz CT molecular complexity index is 598. The Balaban J connectivity index is 2.11. The fourth-order valence-corrected chi connectivity index (χ4v) is 1.90. The predicted octanol–water partition coefficient (Wildman–Crippen LogP) is 2.84. The number of carbonyl (C=O) groups is 1. The molecule has 0 aliphatic heterocycles. The van der Waals surface area contributed by atoms with Crippen LogP contribution in [0.5, 0.6) is 5.75 Å². The average Bonchev–Trinajstić information content (AvgIpc) is 2.75. The highest BCUT2D eigenvalue weighted by Gasteiger charge is 2.10. The van der Waals surface area contributed by atoms with Gasteiger partial charge in [0.2, 0.25) is 11.2 Å². The average molecular weight is 300 g/mol. The molecule has 0 saturated heterocycles. The van der Waals surface area contributed by atoms with Crippen LogP contribution in [0.2, 0.25) is 10.3 Å². The summed E-state index contributed by atoms with van der Waals surface area (Å²) in [4.78, 5) is 15.7. The van der Waals surface area contributed by atoms with E-state index in [9.17, 15) is 4.79 Å². The Hall–Kier alpha value is -1.72. The van der Waals surface area contributed by atoms with Crippen molar-refractivity contribution in [3.63, 3.8) is 0 Å². The zero-order valence-corrected chi connectivity index (χ0v) is 11.6. The summed E-state index contributed by atoms with van der Waals surface area (Å²) in [7, 11) is 1.52. The molecule has 0 saturated carbocycles. The number of aromatic nitrogens is 2. The maximum atomic E-state index is 11.9. The van der Waals surface area contributed by atoms with Gasteiger partial charge in [-0.15, -0.1) is 0 Å². The van der Waals surface area contributed by atoms with Crippen LogP contribution >= 0.6 is 23.2 Å². The zero-order valence-electron chi connectivity index (χ0n) is 10.1. The predicted molar refractivity (Wildman–Crippen MR) is 73.9 cm³/mol. The Labute approximate surface area is 120 Å². The monoisotopic (exact) mass is 299 g/mol. The van der Waals surface area contributed by atoms with Crippen molar-refractivity contribution in [3.8, 4) is 5.75 Å². The number of hydrogen-bond donors (Lipinski definition) is 1. The molecular weight excluding hydrogens is 289 g/mol. The van der Waals surface area contributed by atoms with Gasteiger partial charge in [-0.3, -0.25) is 4.79 Å². The summed E-state index contributed by atoms with van der Waals surface area (Å²) in [5.74, 6) is 0.287. The van der Waals surface area contributed by atoms with Gasteiger partial charge in [-0.1, -0.05) is 11.6 Å². The lowest BCUT2D eigenvalue weighted by molar-refractivity contribution is -0.116. The third-order valence-electron chi connectivity index (χ3n) is 2.41. The molecule has 2 rings (SSSR count). The molecule has 1 amide bonds. The summed E-state index contributed by atoms with van der Waals surface area (Å²) in [6.45, 7) is 0.0640. The first-order chi connectivity index (χ1) is 9.10. The van der Waals surface area contributed by atoms with E-state index in [2.05, 4.69) is 10.3 Å². The van der Waals surface area contributed by atoms with Crippen LogP contribution in [0.4, 0.5) is 5.69 Å². The molecule has 0 fully saturated rings. The molecule has 0 aliphatic rings. The van der Waals surface area contributed by atoms with E-state index in [4.69, 9.17) is 27.9 Å². The fraction of sp³-hybridized carbons (Fsp3) is 0.167. The smallest absolute Gasteiger partial charge is 0.244 e. The van der Waals surface area contributed by atoms with Crippen LogP contribution in [0.15, 0.2) is 30.6 Å². The van der Waals surface area contributed by atoms with Gasteiger partial charge in [-0.2, -0.15) is 0 Å². The van der Waals surface area contributed by atoms with Crippen molar-refractivity contribution in [2.75, 3.05) is 12.4 Å². The Kier molecular flexibility index (Phi) is 4.29. The number of imidazole rings is 1. The van der Waals surface area contributed by atoms with Crippen molar-refractivity contribution < 1.29 is 9.53 Å². The maximum Gasteiger partial charge on any atom is 0.244 e. The summed E-state index contributed by atoms with van der Waals surface area (Å²) in [5, 5.41) is 3.48. The highest BCUT2D eigenvalue weighted by Crippen LogP contribution is 2.27. The zero-order chi connectivity index (χ0) is 13.8. The van der Waals surface area contributed by atoms with Crippen molar-refractivity contribution in [1.29, 1.82) is 0 Å². The van der Waals surface area contributed by atoms with Gasteiger partial charge in [0, 0.05) is 17.4 Å². The lowest BCUT2D eigenvalue weighted by atomic mass is 10.3. The molecule has 0 spiro atoms. The number of halogens is 2. The van der Waals surface area contributed by atoms with Gasteiger partial charge >= 0.3 is 0 Å². The summed E-state index contributed by atoms with van der Waals surface area (Å²) in [6, 6.07) is 4.98. The molecule has 19 heavy (non-hydrogen) atoms. The number of hydrogen-bond acceptors (Lipinski definition) is 3. The molecule has 2 aromatic rings. The first-order valence-electron chi connectivity index (χ1n) is 5.40. The van der Waals surface area contributed by atoms with Gasteiger partial charge in [-0.05, 0) is 29.8 Å². The number of nitrogens with one attached hydrogen (secondary N) is 1. The van der Waals surface area contributed by atoms with Crippen LogP contribution in [0.25, 0.3) is 0 Å². The summed E-state index contributed by atoms with van der Waals surface area (Å²) in [6.07, 6.45) is 3.15. The number of methoxy groups -OCH3 is 1. The highest BCUT2D eigenvalue weighted by molar-refractivity contribution is 6.31. The Morgan fingerprint density at radius 2 is 2.26 bits per heavy atom. The van der Waals surface area contributed by atoms with Crippen molar-refractivity contribution in [1.82, 2.24) is 9.55 Å². The molecule has 0 aliphatic carbocycles. The molecule has 1 heterocycles. The fourth-order valence-electron chi connectivity index (χ4n) is 1.55. The molecule has 0 unspecified atom stereocenters. The number of amides is 1. The van der Waals surface area contributed by atoms with Gasteiger partial charge in [0.25, 0.3) is 0 Å². The van der Waals surface area contributed by atoms with Crippen LogP contribution < -0.4 is 10.1 Å². The summed E-state index contributed by atoms with van der Waals surface area (Å²) < 4.78 is 6.66. The third kappa shape index (κ3) is 3.39. The van der Waals surface area contributed by atoms with Crippen molar-refractivity contribution >= 4 is 34.8 Å². The van der Waals surface area contributed by atoms with Crippen LogP contribution in [0.1, 0.15) is 0 Å². The molecule has 5 nitrogen and oxygen atoms in total. The number of ether oxygens (including phenoxy) is 1. The largest absolute Gasteiger partial charge is 0.495 e. The van der Waals surface area contributed by atoms with Crippen molar-refractivity contribution in [2.24, 2.45) is 0 Å². The van der Waals surface area contributed by atoms with E-state index in [0.717, 1.165) is 0 Å². The van der Waals surface area contributed by atoms with E-state index < -0.39 is 0 Å². The van der Waals surface area contributed by atoms with Crippen LogP contribution in [0.3, 0.4) is 0 Å². The topological polar surface area (TPSA) is 56.1 Å². The molecule has 0 atom stereocenters. The second kappa shape index (κ2) is 5.95. The molecule has 100 valence electrons. The number of rotatable bonds is 4. The van der Waals surface area contributed by atoms with E-state index in [0.29, 0.717) is 16.5 Å². The quantitative estimate of drug-likeness (QED) is 0.944. The van der Waals surface area contributed by atoms with E-state index in [1.807, 2.05) is 0 Å². The second-order valence-electron chi connectivity index (χ2n) is 3.72. The highest BCUT2D eigenvalue weighted by atomic mass is 35.5. The lowest BCUT2D eigenvalue weighted by Gasteiger charge is -2.11. The van der Waals surface area contributed by atoms with Gasteiger partial charge < -0.3 is 14.6 Å². The minimum absolute atomic E-state index is 0.0640. The van der Waals surface area contributed by atoms with Gasteiger partial charge in [0.05, 0.1) is 12.8 Å². The van der Waals surface area contributed by atoms with Crippen LogP contribution in [-0.4, -0.2) is 22.6 Å². The van der Waals surface area contributed by atoms with Crippen molar-refractivity contribution in [3.05, 3.63) is 40.9 Å². The molecule has 0 radical (unpaired) electrons. The molecule has 1 aromatic carbocycles. The second-order valence-corrected chi connectivity index (χ2v) is 4.49. The number of nitrogens with zero attached hydrogens (tertiary/aromatic N) is 2. The van der Waals surface area contributed by atoms with Crippen LogP contribution in [0, 0.1) is 0 Å². The lowest BCUT2D eigenvalue weighted by Crippen LogP contribution is -2.18. The molecule has 0 bridgehead atoms. The maximum absolute atomic E-state index is 11.9. The van der Waals surface area contributed by atoms with Gasteiger partial charge in [0.15, 0.2) is 0 Å². The molecule has 1 aromatic heterocycles. The molecule has 1 N–H and O–H groups in total. The standard InChI is InChI=1S/C12H11Cl2N3O2/c1-19-10-3-2-8(13)6-9(10)16-11(18)7-17-5-4-15-12(17)14/h2-6H,7H2,1H3,(H,16,18). The first-order valence-corrected chi connectivity index (χ1v) is 6.16. The van der Waals surface area contributed by atoms with Crippen LogP contribution in [-0.2, 0) is 11.3 Å². The summed E-state index contributed by atoms with van der Waals surface area (Å²) in [5.41, 5.74) is 0.510. The Morgan fingerprint density at radius 1 is 1.47 bits per heavy atom. The summed E-state index contributed by atoms with van der Waals surface area (Å²) >= 11 is 11.7. The molecule has 7 heteroatoms. The number of anilines is 1. The number of benzene rings is 1. The van der Waals surface area contributed by atoms with E-state index in [-0.39, 0.29) is 17.7 Å². The SMILES string of the molecule is COc1ccc(Cl)cc1NC(=O)Cn1ccnc1Cl.